The number of hydrogen-bond donors (Lipinski definition) is 1. The second-order valence-corrected chi connectivity index (χ2v) is 5.55. The minimum atomic E-state index is -0.364. The number of ether oxygens (including phenoxy) is 2. The molecule has 2 heterocycles. The molecule has 6 heteroatoms. The average molecular weight is 304 g/mol. The molecule has 6 nitrogen and oxygen atoms in total. The van der Waals surface area contributed by atoms with E-state index in [-0.39, 0.29) is 30.5 Å². The van der Waals surface area contributed by atoms with Gasteiger partial charge >= 0.3 is 0 Å². The van der Waals surface area contributed by atoms with Crippen LogP contribution in [0.25, 0.3) is 0 Å². The molecule has 2 aliphatic rings. The Bertz CT molecular complexity index is 510. The third kappa shape index (κ3) is 3.45. The summed E-state index contributed by atoms with van der Waals surface area (Å²) in [7, 11) is 0. The van der Waals surface area contributed by atoms with E-state index in [0.717, 1.165) is 5.56 Å². The Morgan fingerprint density at radius 3 is 2.77 bits per heavy atom. The Labute approximate surface area is 129 Å². The number of nitrogens with one attached hydrogen (secondary N) is 1. The second kappa shape index (κ2) is 6.89. The van der Waals surface area contributed by atoms with E-state index in [9.17, 15) is 9.59 Å². The van der Waals surface area contributed by atoms with Crippen LogP contribution in [0.15, 0.2) is 30.3 Å². The number of nitrogens with zero attached hydrogens (tertiary/aromatic N) is 1. The average Bonchev–Trinajstić information content (AvgIpc) is 2.97. The van der Waals surface area contributed by atoms with Gasteiger partial charge in [-0.05, 0) is 5.56 Å². The Balaban J connectivity index is 1.36. The van der Waals surface area contributed by atoms with Crippen molar-refractivity contribution in [2.45, 2.75) is 25.2 Å². The number of benzene rings is 1. The lowest BCUT2D eigenvalue weighted by atomic mass is 10.1. The summed E-state index contributed by atoms with van der Waals surface area (Å²) >= 11 is 0. The summed E-state index contributed by atoms with van der Waals surface area (Å²) in [4.78, 5) is 25.1. The van der Waals surface area contributed by atoms with E-state index in [1.165, 1.54) is 0 Å². The molecule has 0 saturated carbocycles. The monoisotopic (exact) mass is 304 g/mol. The van der Waals surface area contributed by atoms with Crippen molar-refractivity contribution in [3.63, 3.8) is 0 Å². The van der Waals surface area contributed by atoms with Gasteiger partial charge in [-0.2, -0.15) is 0 Å². The molecule has 2 saturated heterocycles. The highest BCUT2D eigenvalue weighted by atomic mass is 16.5. The first-order valence-corrected chi connectivity index (χ1v) is 7.54. The molecular formula is C16H20N2O4. The molecule has 0 unspecified atom stereocenters. The molecule has 0 bridgehead atoms. The highest BCUT2D eigenvalue weighted by molar-refractivity contribution is 5.95. The van der Waals surface area contributed by atoms with Crippen LogP contribution in [0.5, 0.6) is 0 Å². The Morgan fingerprint density at radius 2 is 2.00 bits per heavy atom. The van der Waals surface area contributed by atoms with E-state index in [0.29, 0.717) is 32.8 Å². The van der Waals surface area contributed by atoms with Crippen molar-refractivity contribution in [2.75, 3.05) is 26.3 Å². The molecule has 2 aliphatic heterocycles. The van der Waals surface area contributed by atoms with E-state index in [4.69, 9.17) is 9.47 Å². The molecule has 0 aliphatic carbocycles. The lowest BCUT2D eigenvalue weighted by molar-refractivity contribution is -0.143. The quantitative estimate of drug-likeness (QED) is 0.769. The summed E-state index contributed by atoms with van der Waals surface area (Å²) in [6.45, 7) is 2.12. The SMILES string of the molecule is O=C1NCC(=O)N2C[C@H](OCCOCc3ccccc3)C[C@@H]12. The third-order valence-electron chi connectivity index (χ3n) is 3.99. The molecule has 2 atom stereocenters. The molecule has 0 radical (unpaired) electrons. The Hall–Kier alpha value is -1.92. The van der Waals surface area contributed by atoms with E-state index in [1.807, 2.05) is 30.3 Å². The first-order valence-electron chi connectivity index (χ1n) is 7.54. The van der Waals surface area contributed by atoms with Crippen LogP contribution in [0.3, 0.4) is 0 Å². The van der Waals surface area contributed by atoms with Gasteiger partial charge in [0.15, 0.2) is 0 Å². The lowest BCUT2D eigenvalue weighted by Crippen LogP contribution is -2.55. The van der Waals surface area contributed by atoms with Gasteiger partial charge in [-0.1, -0.05) is 30.3 Å². The summed E-state index contributed by atoms with van der Waals surface area (Å²) in [5.41, 5.74) is 1.13. The van der Waals surface area contributed by atoms with Crippen LogP contribution < -0.4 is 5.32 Å². The normalized spacial score (nSPS) is 24.3. The fraction of sp³-hybridized carbons (Fsp3) is 0.500. The van der Waals surface area contributed by atoms with Crippen molar-refractivity contribution < 1.29 is 19.1 Å². The number of fused-ring (bicyclic) bond motifs is 1. The summed E-state index contributed by atoms with van der Waals surface area (Å²) in [5, 5.41) is 2.61. The number of carbonyl (C=O) groups is 2. The Morgan fingerprint density at radius 1 is 1.18 bits per heavy atom. The molecule has 1 N–H and O–H groups in total. The number of carbonyl (C=O) groups excluding carboxylic acids is 2. The second-order valence-electron chi connectivity index (χ2n) is 5.55. The minimum absolute atomic E-state index is 0.0315. The van der Waals surface area contributed by atoms with Gasteiger partial charge in [0.2, 0.25) is 11.8 Å². The van der Waals surface area contributed by atoms with E-state index < -0.39 is 0 Å². The molecule has 2 fully saturated rings. The first-order chi connectivity index (χ1) is 10.7. The van der Waals surface area contributed by atoms with Crippen molar-refractivity contribution >= 4 is 11.8 Å². The largest absolute Gasteiger partial charge is 0.374 e. The molecule has 1 aromatic carbocycles. The standard InChI is InChI=1S/C16H20N2O4/c19-15-9-17-16(20)14-8-13(10-18(14)15)22-7-6-21-11-12-4-2-1-3-5-12/h1-5,13-14H,6-11H2,(H,17,20)/t13-,14+/m1/s1. The zero-order valence-electron chi connectivity index (χ0n) is 12.4. The van der Waals surface area contributed by atoms with E-state index in [2.05, 4.69) is 5.32 Å². The maximum absolute atomic E-state index is 11.7. The van der Waals surface area contributed by atoms with E-state index in [1.54, 1.807) is 4.90 Å². The van der Waals surface area contributed by atoms with Crippen LogP contribution in [-0.2, 0) is 25.7 Å². The van der Waals surface area contributed by atoms with Gasteiger partial charge in [-0.3, -0.25) is 9.59 Å². The Kier molecular flexibility index (Phi) is 4.70. The topological polar surface area (TPSA) is 67.9 Å². The molecule has 1 aromatic rings. The van der Waals surface area contributed by atoms with Gasteiger partial charge in [0.05, 0.1) is 32.5 Å². The highest BCUT2D eigenvalue weighted by Gasteiger charge is 2.42. The van der Waals surface area contributed by atoms with Gasteiger partial charge in [-0.15, -0.1) is 0 Å². The molecule has 0 spiro atoms. The number of piperazine rings is 1. The molecule has 118 valence electrons. The minimum Gasteiger partial charge on any atom is -0.374 e. The predicted molar refractivity (Wildman–Crippen MR) is 79.0 cm³/mol. The number of rotatable bonds is 6. The summed E-state index contributed by atoms with van der Waals surface area (Å²) < 4.78 is 11.3. The molecule has 0 aromatic heterocycles. The summed E-state index contributed by atoms with van der Waals surface area (Å²) in [6, 6.07) is 9.59. The van der Waals surface area contributed by atoms with Crippen LogP contribution in [-0.4, -0.2) is 55.2 Å². The summed E-state index contributed by atoms with van der Waals surface area (Å²) in [5.74, 6) is -0.109. The van der Waals surface area contributed by atoms with Gasteiger partial charge in [0.1, 0.15) is 6.04 Å². The maximum atomic E-state index is 11.7. The van der Waals surface area contributed by atoms with Crippen molar-refractivity contribution in [3.8, 4) is 0 Å². The fourth-order valence-electron chi connectivity index (χ4n) is 2.86. The van der Waals surface area contributed by atoms with Crippen LogP contribution in [0.4, 0.5) is 0 Å². The molecular weight excluding hydrogens is 284 g/mol. The predicted octanol–water partition coefficient (Wildman–Crippen LogP) is 0.319. The third-order valence-corrected chi connectivity index (χ3v) is 3.99. The summed E-state index contributed by atoms with van der Waals surface area (Å²) in [6.07, 6.45) is 0.481. The molecule has 22 heavy (non-hydrogen) atoms. The fourth-order valence-corrected chi connectivity index (χ4v) is 2.86. The number of hydrogen-bond acceptors (Lipinski definition) is 4. The lowest BCUT2D eigenvalue weighted by Gasteiger charge is -2.28. The van der Waals surface area contributed by atoms with Crippen molar-refractivity contribution in [3.05, 3.63) is 35.9 Å². The molecule has 2 amide bonds. The van der Waals surface area contributed by atoms with Gasteiger partial charge in [-0.25, -0.2) is 0 Å². The van der Waals surface area contributed by atoms with Crippen molar-refractivity contribution in [2.24, 2.45) is 0 Å². The van der Waals surface area contributed by atoms with Crippen LogP contribution in [0, 0.1) is 0 Å². The van der Waals surface area contributed by atoms with Crippen LogP contribution >= 0.6 is 0 Å². The van der Waals surface area contributed by atoms with Crippen LogP contribution in [0.2, 0.25) is 0 Å². The molecule has 3 rings (SSSR count). The van der Waals surface area contributed by atoms with Crippen molar-refractivity contribution in [1.82, 2.24) is 10.2 Å². The van der Waals surface area contributed by atoms with Gasteiger partial charge < -0.3 is 19.7 Å². The van der Waals surface area contributed by atoms with Crippen LogP contribution in [0.1, 0.15) is 12.0 Å². The number of amides is 2. The van der Waals surface area contributed by atoms with Crippen molar-refractivity contribution in [1.29, 1.82) is 0 Å². The van der Waals surface area contributed by atoms with Gasteiger partial charge in [0.25, 0.3) is 0 Å². The smallest absolute Gasteiger partial charge is 0.243 e. The van der Waals surface area contributed by atoms with Gasteiger partial charge in [0, 0.05) is 13.0 Å². The zero-order valence-corrected chi connectivity index (χ0v) is 12.4. The highest BCUT2D eigenvalue weighted by Crippen LogP contribution is 2.22. The maximum Gasteiger partial charge on any atom is 0.243 e. The first kappa shape index (κ1) is 15.0. The zero-order chi connectivity index (χ0) is 15.4. The van der Waals surface area contributed by atoms with E-state index >= 15 is 0 Å².